The van der Waals surface area contributed by atoms with Gasteiger partial charge in [-0.2, -0.15) is 11.8 Å². The maximum absolute atomic E-state index is 11.2. The quantitative estimate of drug-likeness (QED) is 0.0920. The van der Waals surface area contributed by atoms with Gasteiger partial charge in [-0.05, 0) is 58.9 Å². The van der Waals surface area contributed by atoms with Crippen LogP contribution < -0.4 is 16.2 Å². The Morgan fingerprint density at radius 1 is 1.03 bits per heavy atom. The zero-order valence-corrected chi connectivity index (χ0v) is 22.6. The van der Waals surface area contributed by atoms with Gasteiger partial charge in [0.15, 0.2) is 0 Å². The van der Waals surface area contributed by atoms with Crippen molar-refractivity contribution in [2.75, 3.05) is 11.5 Å². The van der Waals surface area contributed by atoms with Gasteiger partial charge < -0.3 is 15.5 Å². The van der Waals surface area contributed by atoms with Crippen LogP contribution in [0.25, 0.3) is 0 Å². The van der Waals surface area contributed by atoms with E-state index in [1.165, 1.54) is 11.1 Å². The molecule has 0 aromatic heterocycles. The average molecular weight is 498 g/mol. The molecule has 6 heteroatoms. The summed E-state index contributed by atoms with van der Waals surface area (Å²) in [7, 11) is 0. The number of hydrogen-bond donors (Lipinski definition) is 3. The molecule has 0 spiro atoms. The lowest BCUT2D eigenvalue weighted by Gasteiger charge is -2.23. The van der Waals surface area contributed by atoms with Crippen molar-refractivity contribution >= 4 is 24.5 Å². The van der Waals surface area contributed by atoms with Gasteiger partial charge in [-0.1, -0.05) is 66.3 Å². The summed E-state index contributed by atoms with van der Waals surface area (Å²) in [6, 6.07) is 10.2. The highest BCUT2D eigenvalue weighted by Gasteiger charge is 2.16. The molecule has 0 saturated heterocycles. The summed E-state index contributed by atoms with van der Waals surface area (Å²) in [6.45, 7) is 12.8. The van der Waals surface area contributed by atoms with Crippen molar-refractivity contribution in [1.29, 1.82) is 0 Å². The molecule has 0 aliphatic carbocycles. The molecule has 1 aromatic carbocycles. The van der Waals surface area contributed by atoms with E-state index in [9.17, 15) is 9.59 Å². The summed E-state index contributed by atoms with van der Waals surface area (Å²) in [5.41, 5.74) is 11.3. The molecule has 0 saturated carbocycles. The second-order valence-electron chi connectivity index (χ2n) is 9.00. The topological polar surface area (TPSA) is 70.2 Å². The van der Waals surface area contributed by atoms with Crippen LogP contribution in [0, 0.1) is 0 Å². The molecule has 0 bridgehead atoms. The summed E-state index contributed by atoms with van der Waals surface area (Å²) in [6.07, 6.45) is 12.6. The number of carbonyl (C=O) groups is 2. The first-order chi connectivity index (χ1) is 16.9. The molecule has 0 heterocycles. The van der Waals surface area contributed by atoms with Gasteiger partial charge in [-0.25, -0.2) is 0 Å². The summed E-state index contributed by atoms with van der Waals surface area (Å²) in [5, 5.41) is 3.48. The van der Waals surface area contributed by atoms with Gasteiger partial charge in [-0.3, -0.25) is 10.2 Å². The van der Waals surface area contributed by atoms with E-state index in [1.54, 1.807) is 0 Å². The Kier molecular flexibility index (Phi) is 16.1. The number of rotatable bonds is 19. The zero-order chi connectivity index (χ0) is 25.9. The Morgan fingerprint density at radius 3 is 2.40 bits per heavy atom. The standard InChI is InChI=1S/C29H43N3O2S/c1-23(2)11-9-12-24(3)13-10-16-28(32-30-22-34)18-20-35-21-25(4)31-26(5)29(17-19-33)27-14-7-6-8-15-27/h6-8,11,13-15,18-19,22,25,29,31-32H,5,9-10,12,16-17,20-21H2,1-4H3,(H,30,34)/b24-13+,28-18-. The van der Waals surface area contributed by atoms with E-state index in [-0.39, 0.29) is 12.0 Å². The van der Waals surface area contributed by atoms with E-state index >= 15 is 0 Å². The van der Waals surface area contributed by atoms with Crippen molar-refractivity contribution in [1.82, 2.24) is 16.2 Å². The Labute approximate surface area is 216 Å². The number of hydrogen-bond acceptors (Lipinski definition) is 5. The van der Waals surface area contributed by atoms with Crippen molar-refractivity contribution in [2.45, 2.75) is 71.8 Å². The number of aldehydes is 1. The molecule has 5 nitrogen and oxygen atoms in total. The molecule has 1 aromatic rings. The highest BCUT2D eigenvalue weighted by atomic mass is 32.2. The number of benzene rings is 1. The molecular formula is C29H43N3O2S. The minimum Gasteiger partial charge on any atom is -0.385 e. The number of hydrazine groups is 1. The van der Waals surface area contributed by atoms with Gasteiger partial charge in [-0.15, -0.1) is 0 Å². The molecule has 0 radical (unpaired) electrons. The van der Waals surface area contributed by atoms with Crippen LogP contribution in [-0.2, 0) is 9.59 Å². The Morgan fingerprint density at radius 2 is 1.74 bits per heavy atom. The molecule has 1 rings (SSSR count). The number of allylic oxidation sites excluding steroid dienone is 6. The predicted molar refractivity (Wildman–Crippen MR) is 151 cm³/mol. The van der Waals surface area contributed by atoms with E-state index in [0.29, 0.717) is 12.8 Å². The van der Waals surface area contributed by atoms with Gasteiger partial charge in [0.2, 0.25) is 6.41 Å². The van der Waals surface area contributed by atoms with Crippen molar-refractivity contribution in [3.8, 4) is 0 Å². The zero-order valence-electron chi connectivity index (χ0n) is 21.8. The Hall–Kier alpha value is -2.73. The fraction of sp³-hybridized carbons (Fsp3) is 0.448. The van der Waals surface area contributed by atoms with Crippen LogP contribution in [-0.4, -0.2) is 30.2 Å². The highest BCUT2D eigenvalue weighted by Crippen LogP contribution is 2.25. The normalized spacial score (nSPS) is 13.4. The largest absolute Gasteiger partial charge is 0.385 e. The molecule has 0 aliphatic rings. The lowest BCUT2D eigenvalue weighted by Crippen LogP contribution is -2.30. The lowest BCUT2D eigenvalue weighted by molar-refractivity contribution is -0.110. The first-order valence-electron chi connectivity index (χ1n) is 12.3. The van der Waals surface area contributed by atoms with Crippen molar-refractivity contribution in [3.05, 3.63) is 83.2 Å². The fourth-order valence-corrected chi connectivity index (χ4v) is 4.52. The van der Waals surface area contributed by atoms with Gasteiger partial charge in [0.1, 0.15) is 6.29 Å². The third-order valence-electron chi connectivity index (χ3n) is 5.49. The van der Waals surface area contributed by atoms with E-state index in [1.807, 2.05) is 42.1 Å². The minimum absolute atomic E-state index is 0.0233. The second kappa shape index (κ2) is 18.6. The van der Waals surface area contributed by atoms with E-state index in [4.69, 9.17) is 0 Å². The molecule has 192 valence electrons. The summed E-state index contributed by atoms with van der Waals surface area (Å²) in [5.74, 6) is 1.71. The van der Waals surface area contributed by atoms with Crippen LogP contribution in [0.3, 0.4) is 0 Å². The maximum atomic E-state index is 11.2. The van der Waals surface area contributed by atoms with Crippen molar-refractivity contribution < 1.29 is 9.59 Å². The average Bonchev–Trinajstić information content (AvgIpc) is 2.83. The van der Waals surface area contributed by atoms with Gasteiger partial charge in [0.25, 0.3) is 0 Å². The summed E-state index contributed by atoms with van der Waals surface area (Å²) < 4.78 is 0. The molecule has 2 unspecified atom stereocenters. The van der Waals surface area contributed by atoms with Crippen LogP contribution >= 0.6 is 11.8 Å². The second-order valence-corrected chi connectivity index (χ2v) is 10.1. The number of nitrogens with one attached hydrogen (secondary N) is 3. The van der Waals surface area contributed by atoms with E-state index in [2.05, 4.69) is 68.7 Å². The molecule has 1 amide bonds. The monoisotopic (exact) mass is 497 g/mol. The van der Waals surface area contributed by atoms with Gasteiger partial charge >= 0.3 is 0 Å². The minimum atomic E-state index is -0.0233. The van der Waals surface area contributed by atoms with Gasteiger partial charge in [0, 0.05) is 41.3 Å². The van der Waals surface area contributed by atoms with Crippen LogP contribution in [0.5, 0.6) is 0 Å². The first-order valence-corrected chi connectivity index (χ1v) is 13.5. The molecular weight excluding hydrogens is 454 g/mol. The van der Waals surface area contributed by atoms with Gasteiger partial charge in [0.05, 0.1) is 0 Å². The maximum Gasteiger partial charge on any atom is 0.225 e. The number of amides is 1. The van der Waals surface area contributed by atoms with Crippen molar-refractivity contribution in [3.63, 3.8) is 0 Å². The van der Waals surface area contributed by atoms with Crippen LogP contribution in [0.2, 0.25) is 0 Å². The molecule has 35 heavy (non-hydrogen) atoms. The van der Waals surface area contributed by atoms with E-state index < -0.39 is 0 Å². The molecule has 0 fully saturated rings. The first kappa shape index (κ1) is 30.3. The van der Waals surface area contributed by atoms with Crippen molar-refractivity contribution in [2.24, 2.45) is 0 Å². The third kappa shape index (κ3) is 14.3. The number of carbonyl (C=O) groups excluding carboxylic acids is 2. The predicted octanol–water partition coefficient (Wildman–Crippen LogP) is 6.19. The smallest absolute Gasteiger partial charge is 0.225 e. The van der Waals surface area contributed by atoms with E-state index in [0.717, 1.165) is 60.4 Å². The summed E-state index contributed by atoms with van der Waals surface area (Å²) in [4.78, 5) is 21.9. The SMILES string of the molecule is C=C(NC(C)CSC/C=C(/CC/C=C(\C)CCC=C(C)C)NNC=O)C(CC=O)c1ccccc1. The Balaban J connectivity index is 2.50. The van der Waals surface area contributed by atoms with Crippen LogP contribution in [0.1, 0.15) is 71.3 Å². The lowest BCUT2D eigenvalue weighted by atomic mass is 9.93. The molecule has 0 aliphatic heterocycles. The number of thioether (sulfide) groups is 1. The van der Waals surface area contributed by atoms with Crippen LogP contribution in [0.4, 0.5) is 0 Å². The molecule has 3 N–H and O–H groups in total. The highest BCUT2D eigenvalue weighted by molar-refractivity contribution is 7.99. The van der Waals surface area contributed by atoms with Crippen LogP contribution in [0.15, 0.2) is 77.7 Å². The Bertz CT molecular complexity index is 858. The summed E-state index contributed by atoms with van der Waals surface area (Å²) >= 11 is 1.81. The molecule has 2 atom stereocenters. The third-order valence-corrected chi connectivity index (χ3v) is 6.63. The fourth-order valence-electron chi connectivity index (χ4n) is 3.63.